The zero-order valence-electron chi connectivity index (χ0n) is 18.8. The highest BCUT2D eigenvalue weighted by atomic mass is 15.3. The maximum absolute atomic E-state index is 5.93. The summed E-state index contributed by atoms with van der Waals surface area (Å²) in [5.74, 6) is 1.41. The van der Waals surface area contributed by atoms with Crippen LogP contribution in [0.2, 0.25) is 0 Å². The van der Waals surface area contributed by atoms with E-state index in [2.05, 4.69) is 52.2 Å². The molecule has 0 saturated carbocycles. The van der Waals surface area contributed by atoms with E-state index < -0.39 is 0 Å². The summed E-state index contributed by atoms with van der Waals surface area (Å²) in [5, 5.41) is 4.91. The molecule has 8 heteroatoms. The predicted octanol–water partition coefficient (Wildman–Crippen LogP) is 3.57. The molecule has 0 aliphatic rings. The van der Waals surface area contributed by atoms with E-state index in [1.165, 1.54) is 0 Å². The number of anilines is 2. The van der Waals surface area contributed by atoms with E-state index in [1.807, 2.05) is 72.2 Å². The molecule has 164 valence electrons. The average molecular weight is 429 g/mol. The van der Waals surface area contributed by atoms with Crippen molar-refractivity contribution in [1.82, 2.24) is 29.6 Å². The fourth-order valence-electron chi connectivity index (χ4n) is 3.46. The Balaban J connectivity index is 1.66. The van der Waals surface area contributed by atoms with Crippen LogP contribution in [0.1, 0.15) is 24.4 Å². The Kier molecular flexibility index (Phi) is 6.13. The molecule has 8 nitrogen and oxygen atoms in total. The van der Waals surface area contributed by atoms with Gasteiger partial charge in [-0.05, 0) is 26.1 Å². The van der Waals surface area contributed by atoms with Gasteiger partial charge in [0.15, 0.2) is 5.82 Å². The van der Waals surface area contributed by atoms with Crippen LogP contribution in [0, 0.1) is 0 Å². The smallest absolute Gasteiger partial charge is 0.229 e. The van der Waals surface area contributed by atoms with Crippen molar-refractivity contribution < 1.29 is 0 Å². The number of rotatable bonds is 7. The van der Waals surface area contributed by atoms with E-state index >= 15 is 0 Å². The maximum Gasteiger partial charge on any atom is 0.229 e. The van der Waals surface area contributed by atoms with Gasteiger partial charge in [0.05, 0.1) is 17.4 Å². The Bertz CT molecular complexity index is 1170. The molecule has 0 bridgehead atoms. The first-order valence-electron chi connectivity index (χ1n) is 10.5. The number of hydrogen-bond acceptors (Lipinski definition) is 7. The topological polar surface area (TPSA) is 89.0 Å². The molecule has 0 spiro atoms. The lowest BCUT2D eigenvalue weighted by Crippen LogP contribution is -2.25. The van der Waals surface area contributed by atoms with Gasteiger partial charge in [-0.3, -0.25) is 4.90 Å². The second-order valence-corrected chi connectivity index (χ2v) is 7.99. The molecule has 1 atom stereocenters. The minimum atomic E-state index is -0.0669. The van der Waals surface area contributed by atoms with Gasteiger partial charge in [0.2, 0.25) is 11.9 Å². The van der Waals surface area contributed by atoms with E-state index in [-0.39, 0.29) is 12.0 Å². The number of aromatic nitrogens is 5. The summed E-state index contributed by atoms with van der Waals surface area (Å²) in [7, 11) is 5.82. The molecule has 0 amide bonds. The third-order valence-corrected chi connectivity index (χ3v) is 5.37. The summed E-state index contributed by atoms with van der Waals surface area (Å²) >= 11 is 0. The monoisotopic (exact) mass is 428 g/mol. The molecule has 32 heavy (non-hydrogen) atoms. The molecule has 2 aromatic heterocycles. The van der Waals surface area contributed by atoms with Gasteiger partial charge < -0.3 is 10.6 Å². The van der Waals surface area contributed by atoms with Crippen molar-refractivity contribution in [2.24, 2.45) is 0 Å². The third kappa shape index (κ3) is 4.60. The molecule has 2 heterocycles. The van der Waals surface area contributed by atoms with Crippen molar-refractivity contribution in [3.05, 3.63) is 78.2 Å². The summed E-state index contributed by atoms with van der Waals surface area (Å²) in [6.45, 7) is 2.74. The zero-order valence-corrected chi connectivity index (χ0v) is 18.8. The Labute approximate surface area is 188 Å². The highest BCUT2D eigenvalue weighted by molar-refractivity contribution is 5.63. The Morgan fingerprint density at radius 3 is 2.22 bits per heavy atom. The van der Waals surface area contributed by atoms with Crippen molar-refractivity contribution in [1.29, 1.82) is 0 Å². The van der Waals surface area contributed by atoms with Crippen LogP contribution in [-0.2, 0) is 6.54 Å². The maximum atomic E-state index is 5.93. The Morgan fingerprint density at radius 1 is 0.906 bits per heavy atom. The van der Waals surface area contributed by atoms with E-state index in [4.69, 9.17) is 10.8 Å². The highest BCUT2D eigenvalue weighted by Crippen LogP contribution is 2.27. The fraction of sp³-hybridized carbons (Fsp3) is 0.250. The molecule has 0 aliphatic carbocycles. The number of hydrogen-bond donors (Lipinski definition) is 1. The second-order valence-electron chi connectivity index (χ2n) is 7.99. The Morgan fingerprint density at radius 2 is 1.56 bits per heavy atom. The molecular weight excluding hydrogens is 400 g/mol. The van der Waals surface area contributed by atoms with Crippen LogP contribution in [0.15, 0.2) is 66.9 Å². The van der Waals surface area contributed by atoms with Crippen LogP contribution in [0.5, 0.6) is 0 Å². The Hall–Kier alpha value is -3.78. The highest BCUT2D eigenvalue weighted by Gasteiger charge is 2.21. The quantitative estimate of drug-likeness (QED) is 0.481. The molecule has 0 aliphatic heterocycles. The number of para-hydroxylation sites is 1. The summed E-state index contributed by atoms with van der Waals surface area (Å²) in [4.78, 5) is 17.2. The lowest BCUT2D eigenvalue weighted by Gasteiger charge is -2.24. The van der Waals surface area contributed by atoms with Crippen LogP contribution in [0.25, 0.3) is 16.9 Å². The van der Waals surface area contributed by atoms with Crippen molar-refractivity contribution in [2.75, 3.05) is 31.8 Å². The predicted molar refractivity (Wildman–Crippen MR) is 127 cm³/mol. The summed E-state index contributed by atoms with van der Waals surface area (Å²) in [5.41, 5.74) is 10.1. The zero-order chi connectivity index (χ0) is 22.7. The van der Waals surface area contributed by atoms with Gasteiger partial charge in [-0.1, -0.05) is 48.5 Å². The number of nitrogen functional groups attached to an aromatic ring is 1. The first kappa shape index (κ1) is 21.5. The van der Waals surface area contributed by atoms with Crippen LogP contribution < -0.4 is 10.6 Å². The molecule has 4 aromatic rings. The van der Waals surface area contributed by atoms with Gasteiger partial charge >= 0.3 is 0 Å². The van der Waals surface area contributed by atoms with Crippen LogP contribution in [-0.4, -0.2) is 50.8 Å². The first-order valence-corrected chi connectivity index (χ1v) is 10.5. The van der Waals surface area contributed by atoms with Crippen LogP contribution in [0.3, 0.4) is 0 Å². The lowest BCUT2D eigenvalue weighted by molar-refractivity contribution is 0.244. The number of nitrogens with two attached hydrogens (primary N) is 1. The van der Waals surface area contributed by atoms with Crippen LogP contribution >= 0.6 is 0 Å². The van der Waals surface area contributed by atoms with E-state index in [9.17, 15) is 0 Å². The van der Waals surface area contributed by atoms with Crippen molar-refractivity contribution in [3.63, 3.8) is 0 Å². The lowest BCUT2D eigenvalue weighted by atomic mass is 10.1. The van der Waals surface area contributed by atoms with Crippen molar-refractivity contribution in [3.8, 4) is 16.9 Å². The molecule has 0 radical (unpaired) electrons. The summed E-state index contributed by atoms with van der Waals surface area (Å²) < 4.78 is 1.93. The SMILES string of the molecule is CC(c1nc(N)nc(N(C)C)n1)N(C)Cc1cn(-c2ccccc2)nc1-c1ccccc1. The van der Waals surface area contributed by atoms with Crippen molar-refractivity contribution in [2.45, 2.75) is 19.5 Å². The molecule has 1 unspecified atom stereocenters. The van der Waals surface area contributed by atoms with E-state index in [1.54, 1.807) is 0 Å². The van der Waals surface area contributed by atoms with Gasteiger partial charge in [0.1, 0.15) is 0 Å². The molecule has 4 rings (SSSR count). The van der Waals surface area contributed by atoms with Crippen molar-refractivity contribution >= 4 is 11.9 Å². The molecule has 0 saturated heterocycles. The number of nitrogens with zero attached hydrogens (tertiary/aromatic N) is 7. The van der Waals surface area contributed by atoms with Gasteiger partial charge in [0, 0.05) is 38.0 Å². The average Bonchev–Trinajstić information content (AvgIpc) is 3.23. The summed E-state index contributed by atoms with van der Waals surface area (Å²) in [6.07, 6.45) is 2.09. The third-order valence-electron chi connectivity index (χ3n) is 5.37. The van der Waals surface area contributed by atoms with E-state index in [0.29, 0.717) is 18.3 Å². The second kappa shape index (κ2) is 9.15. The first-order chi connectivity index (χ1) is 15.4. The fourth-order valence-corrected chi connectivity index (χ4v) is 3.46. The van der Waals surface area contributed by atoms with Crippen LogP contribution in [0.4, 0.5) is 11.9 Å². The molecule has 2 aromatic carbocycles. The minimum Gasteiger partial charge on any atom is -0.368 e. The molecule has 2 N–H and O–H groups in total. The largest absolute Gasteiger partial charge is 0.368 e. The van der Waals surface area contributed by atoms with Gasteiger partial charge in [-0.25, -0.2) is 4.68 Å². The minimum absolute atomic E-state index is 0.0669. The standard InChI is InChI=1S/C24H28N8/c1-17(22-26-23(25)28-24(27-22)30(2)3)31(4)15-19-16-32(20-13-9-6-10-14-20)29-21(19)18-11-7-5-8-12-18/h5-14,16-17H,15H2,1-4H3,(H2,25,26,27,28). The van der Waals surface area contributed by atoms with Gasteiger partial charge in [0.25, 0.3) is 0 Å². The molecular formula is C24H28N8. The van der Waals surface area contributed by atoms with Gasteiger partial charge in [-0.15, -0.1) is 0 Å². The molecule has 0 fully saturated rings. The van der Waals surface area contributed by atoms with Gasteiger partial charge in [-0.2, -0.15) is 20.1 Å². The summed E-state index contributed by atoms with van der Waals surface area (Å²) in [6, 6.07) is 20.3. The normalized spacial score (nSPS) is 12.2. The van der Waals surface area contributed by atoms with E-state index in [0.717, 1.165) is 22.5 Å². The number of benzene rings is 2.